The van der Waals surface area contributed by atoms with Crippen molar-refractivity contribution in [1.29, 1.82) is 0 Å². The minimum absolute atomic E-state index is 0.0573. The topological polar surface area (TPSA) is 57.7 Å². The molecule has 2 aromatic carbocycles. The van der Waals surface area contributed by atoms with Crippen molar-refractivity contribution in [3.63, 3.8) is 0 Å². The first kappa shape index (κ1) is 22.1. The zero-order valence-electron chi connectivity index (χ0n) is 17.4. The Balaban J connectivity index is 1.31. The molecule has 1 aliphatic rings. The third kappa shape index (κ3) is 5.02. The first-order valence-corrected chi connectivity index (χ1v) is 10.2. The Hall–Kier alpha value is -3.13. The Kier molecular flexibility index (Phi) is 6.32. The van der Waals surface area contributed by atoms with E-state index in [0.717, 1.165) is 17.7 Å². The number of fused-ring (bicyclic) bond motifs is 1. The molecular weight excluding hydrogens is 423 g/mol. The lowest BCUT2D eigenvalue weighted by Crippen LogP contribution is -2.37. The molecule has 0 spiro atoms. The summed E-state index contributed by atoms with van der Waals surface area (Å²) in [6, 6.07) is 14.3. The average Bonchev–Trinajstić information content (AvgIpc) is 2.76. The van der Waals surface area contributed by atoms with E-state index in [-0.39, 0.29) is 18.0 Å². The van der Waals surface area contributed by atoms with Gasteiger partial charge in [-0.3, -0.25) is 4.79 Å². The fourth-order valence-corrected chi connectivity index (χ4v) is 3.61. The zero-order valence-corrected chi connectivity index (χ0v) is 17.4. The van der Waals surface area contributed by atoms with E-state index in [1.807, 2.05) is 12.1 Å². The molecule has 168 valence electrons. The molecule has 1 fully saturated rings. The number of rotatable bonds is 7. The molecule has 1 aliphatic carbocycles. The summed E-state index contributed by atoms with van der Waals surface area (Å²) in [7, 11) is 1.38. The second-order valence-electron chi connectivity index (χ2n) is 7.66. The van der Waals surface area contributed by atoms with Crippen molar-refractivity contribution in [1.82, 2.24) is 4.98 Å². The highest BCUT2D eigenvalue weighted by Crippen LogP contribution is 2.32. The molecule has 1 heterocycles. The first-order valence-electron chi connectivity index (χ1n) is 10.2. The average molecular weight is 445 g/mol. The smallest absolute Gasteiger partial charge is 0.416 e. The Morgan fingerprint density at radius 3 is 2.44 bits per heavy atom. The van der Waals surface area contributed by atoms with Crippen LogP contribution in [0.1, 0.15) is 18.4 Å². The number of hydrogen-bond acceptors (Lipinski definition) is 5. The third-order valence-electron chi connectivity index (χ3n) is 5.50. The van der Waals surface area contributed by atoms with E-state index in [1.165, 1.54) is 13.2 Å². The van der Waals surface area contributed by atoms with Gasteiger partial charge >= 0.3 is 12.1 Å². The molecule has 5 nitrogen and oxygen atoms in total. The summed E-state index contributed by atoms with van der Waals surface area (Å²) in [5.74, 6) is 0.392. The van der Waals surface area contributed by atoms with Gasteiger partial charge in [0, 0.05) is 10.9 Å². The van der Waals surface area contributed by atoms with Crippen LogP contribution in [0.15, 0.2) is 54.6 Å². The second kappa shape index (κ2) is 9.16. The highest BCUT2D eigenvalue weighted by atomic mass is 19.4. The van der Waals surface area contributed by atoms with Crippen molar-refractivity contribution in [2.24, 2.45) is 5.92 Å². The molecule has 0 bridgehead atoms. The fraction of sp³-hybridized carbons (Fsp3) is 0.333. The quantitative estimate of drug-likeness (QED) is 0.366. The number of benzene rings is 2. The Morgan fingerprint density at radius 2 is 1.75 bits per heavy atom. The largest absolute Gasteiger partial charge is 0.491 e. The number of carbonyl (C=O) groups is 1. The van der Waals surface area contributed by atoms with Crippen LogP contribution in [-0.4, -0.2) is 37.4 Å². The van der Waals surface area contributed by atoms with E-state index in [1.54, 1.807) is 24.3 Å². The normalized spacial score (nSPS) is 18.2. The third-order valence-corrected chi connectivity index (χ3v) is 5.50. The molecule has 1 aromatic heterocycles. The maximum absolute atomic E-state index is 13.0. The van der Waals surface area contributed by atoms with Crippen molar-refractivity contribution < 1.29 is 32.2 Å². The summed E-state index contributed by atoms with van der Waals surface area (Å²) in [5.41, 5.74) is 0.927. The molecule has 1 saturated carbocycles. The fourth-order valence-electron chi connectivity index (χ4n) is 3.61. The van der Waals surface area contributed by atoms with Crippen molar-refractivity contribution in [2.45, 2.75) is 25.1 Å². The summed E-state index contributed by atoms with van der Waals surface area (Å²) in [6.45, 7) is 0.779. The molecule has 0 N–H and O–H groups in total. The van der Waals surface area contributed by atoms with Gasteiger partial charge in [0.15, 0.2) is 0 Å². The van der Waals surface area contributed by atoms with Crippen LogP contribution < -0.4 is 4.74 Å². The molecule has 4 rings (SSSR count). The van der Waals surface area contributed by atoms with Crippen molar-refractivity contribution in [2.75, 3.05) is 20.3 Å². The Bertz CT molecular complexity index is 1090. The minimum atomic E-state index is -4.41. The van der Waals surface area contributed by atoms with Gasteiger partial charge in [0.1, 0.15) is 12.4 Å². The Morgan fingerprint density at radius 1 is 1.03 bits per heavy atom. The number of methoxy groups -OCH3 is 1. The van der Waals surface area contributed by atoms with Gasteiger partial charge in [-0.25, -0.2) is 4.98 Å². The highest BCUT2D eigenvalue weighted by Gasteiger charge is 2.35. The van der Waals surface area contributed by atoms with Gasteiger partial charge in [-0.2, -0.15) is 13.2 Å². The number of nitrogens with zero attached hydrogens (tertiary/aromatic N) is 1. The number of hydrogen-bond donors (Lipinski definition) is 0. The van der Waals surface area contributed by atoms with Gasteiger partial charge < -0.3 is 14.2 Å². The van der Waals surface area contributed by atoms with Crippen LogP contribution in [0.4, 0.5) is 13.2 Å². The zero-order chi connectivity index (χ0) is 22.7. The molecular formula is C24H22F3NO4. The van der Waals surface area contributed by atoms with E-state index >= 15 is 0 Å². The van der Waals surface area contributed by atoms with Crippen LogP contribution in [0, 0.1) is 5.92 Å². The lowest BCUT2D eigenvalue weighted by molar-refractivity contribution is -0.155. The van der Waals surface area contributed by atoms with Gasteiger partial charge in [-0.05, 0) is 55.3 Å². The van der Waals surface area contributed by atoms with Crippen LogP contribution in [0.25, 0.3) is 22.2 Å². The number of halogens is 3. The maximum Gasteiger partial charge on any atom is 0.416 e. The van der Waals surface area contributed by atoms with Crippen LogP contribution in [0.2, 0.25) is 0 Å². The lowest BCUT2D eigenvalue weighted by Gasteiger charge is -2.32. The molecule has 0 amide bonds. The Labute approximate surface area is 183 Å². The molecule has 0 unspecified atom stereocenters. The van der Waals surface area contributed by atoms with Gasteiger partial charge in [0.2, 0.25) is 0 Å². The van der Waals surface area contributed by atoms with Gasteiger partial charge in [0.05, 0.1) is 42.5 Å². The van der Waals surface area contributed by atoms with Gasteiger partial charge in [0.25, 0.3) is 0 Å². The maximum atomic E-state index is 13.0. The number of ether oxygens (including phenoxy) is 3. The van der Waals surface area contributed by atoms with E-state index in [9.17, 15) is 18.0 Å². The summed E-state index contributed by atoms with van der Waals surface area (Å²) < 4.78 is 55.0. The standard InChI is InChI=1S/C24H22F3NO4/c1-30-23(29)17-12-20(13-17)32-11-10-31-19-7-3-15(4-8-19)21-9-5-16-2-6-18(24(25,26)27)14-22(16)28-21/h2-9,14,17,20H,10-13H2,1H3. The molecule has 0 radical (unpaired) electrons. The van der Waals surface area contributed by atoms with Gasteiger partial charge in [-0.1, -0.05) is 12.1 Å². The second-order valence-corrected chi connectivity index (χ2v) is 7.66. The molecule has 8 heteroatoms. The highest BCUT2D eigenvalue weighted by molar-refractivity contribution is 5.82. The minimum Gasteiger partial charge on any atom is -0.491 e. The molecule has 0 aliphatic heterocycles. The predicted molar refractivity (Wildman–Crippen MR) is 112 cm³/mol. The molecule has 0 saturated heterocycles. The van der Waals surface area contributed by atoms with Crippen molar-refractivity contribution in [3.05, 3.63) is 60.2 Å². The number of aromatic nitrogens is 1. The SMILES string of the molecule is COC(=O)C1CC(OCCOc2ccc(-c3ccc4ccc(C(F)(F)F)cc4n3)cc2)C1. The molecule has 3 aromatic rings. The molecule has 0 atom stereocenters. The number of carbonyl (C=O) groups excluding carboxylic acids is 1. The van der Waals surface area contributed by atoms with Crippen LogP contribution in [0.3, 0.4) is 0 Å². The summed E-state index contributed by atoms with van der Waals surface area (Å²) in [5, 5.41) is 0.645. The number of esters is 1. The van der Waals surface area contributed by atoms with Crippen molar-refractivity contribution >= 4 is 16.9 Å². The lowest BCUT2D eigenvalue weighted by atomic mass is 9.82. The first-order chi connectivity index (χ1) is 15.3. The van der Waals surface area contributed by atoms with Crippen LogP contribution >= 0.6 is 0 Å². The van der Waals surface area contributed by atoms with Gasteiger partial charge in [-0.15, -0.1) is 0 Å². The summed E-state index contributed by atoms with van der Waals surface area (Å²) >= 11 is 0. The van der Waals surface area contributed by atoms with Crippen LogP contribution in [0.5, 0.6) is 5.75 Å². The van der Waals surface area contributed by atoms with Crippen molar-refractivity contribution in [3.8, 4) is 17.0 Å². The van der Waals surface area contributed by atoms with E-state index in [4.69, 9.17) is 14.2 Å². The monoisotopic (exact) mass is 445 g/mol. The van der Waals surface area contributed by atoms with E-state index < -0.39 is 11.7 Å². The predicted octanol–water partition coefficient (Wildman–Crippen LogP) is 5.27. The van der Waals surface area contributed by atoms with E-state index in [0.29, 0.717) is 48.4 Å². The van der Waals surface area contributed by atoms with E-state index in [2.05, 4.69) is 4.98 Å². The molecule has 32 heavy (non-hydrogen) atoms. The summed E-state index contributed by atoms with van der Waals surface area (Å²) in [6.07, 6.45) is -3.01. The summed E-state index contributed by atoms with van der Waals surface area (Å²) in [4.78, 5) is 15.7. The number of pyridine rings is 1. The number of alkyl halides is 3. The van der Waals surface area contributed by atoms with Crippen LogP contribution in [-0.2, 0) is 20.4 Å².